The van der Waals surface area contributed by atoms with Crippen molar-refractivity contribution in [3.8, 4) is 5.75 Å². The molecule has 9 heteroatoms. The fourth-order valence-electron chi connectivity index (χ4n) is 2.52. The number of hydrogen-bond donors (Lipinski definition) is 3. The minimum Gasteiger partial charge on any atom is -0.508 e. The second-order valence-corrected chi connectivity index (χ2v) is 7.90. The Hall–Kier alpha value is -2.39. The molecule has 7 nitrogen and oxygen atoms in total. The van der Waals surface area contributed by atoms with Crippen LogP contribution in [0.2, 0.25) is 0 Å². The molecule has 2 amide bonds. The van der Waals surface area contributed by atoms with Crippen LogP contribution in [0.3, 0.4) is 0 Å². The van der Waals surface area contributed by atoms with E-state index in [1.54, 1.807) is 30.3 Å². The number of carboxylic acid groups (broad SMARTS) is 1. The number of nitrogens with zero attached hydrogens (tertiary/aromatic N) is 1. The summed E-state index contributed by atoms with van der Waals surface area (Å²) in [6, 6.07) is 6.48. The highest BCUT2D eigenvalue weighted by Gasteiger charge is 2.31. The van der Waals surface area contributed by atoms with Crippen LogP contribution in [0.4, 0.5) is 0 Å². The summed E-state index contributed by atoms with van der Waals surface area (Å²) in [4.78, 5) is 36.7. The fourth-order valence-corrected chi connectivity index (χ4v) is 3.83. The van der Waals surface area contributed by atoms with Crippen LogP contribution in [-0.2, 0) is 14.4 Å². The number of hydrogen-bond acceptors (Lipinski definition) is 6. The van der Waals surface area contributed by atoms with Crippen molar-refractivity contribution in [2.75, 3.05) is 13.1 Å². The van der Waals surface area contributed by atoms with E-state index < -0.39 is 5.97 Å². The number of benzene rings is 1. The fraction of sp³-hybridized carbons (Fsp3) is 0.368. The minimum absolute atomic E-state index is 0.139. The maximum Gasteiger partial charge on any atom is 0.303 e. The number of rotatable bonds is 10. The van der Waals surface area contributed by atoms with Gasteiger partial charge in [0.15, 0.2) is 0 Å². The zero-order chi connectivity index (χ0) is 20.5. The molecule has 0 atom stereocenters. The molecule has 0 bridgehead atoms. The van der Waals surface area contributed by atoms with Gasteiger partial charge in [0, 0.05) is 25.9 Å². The van der Waals surface area contributed by atoms with Crippen LogP contribution in [0, 0.1) is 0 Å². The maximum atomic E-state index is 12.5. The Morgan fingerprint density at radius 3 is 2.54 bits per heavy atom. The molecule has 0 aromatic heterocycles. The first-order valence-corrected chi connectivity index (χ1v) is 10.1. The Bertz CT molecular complexity index is 777. The molecular weight excluding hydrogens is 400 g/mol. The van der Waals surface area contributed by atoms with E-state index in [0.29, 0.717) is 22.2 Å². The average molecular weight is 423 g/mol. The third kappa shape index (κ3) is 6.97. The number of carbonyl (C=O) groups is 3. The summed E-state index contributed by atoms with van der Waals surface area (Å²) in [6.45, 7) is 0.694. The number of nitrogens with one attached hydrogen (secondary N) is 1. The van der Waals surface area contributed by atoms with Crippen molar-refractivity contribution in [2.45, 2.75) is 32.1 Å². The van der Waals surface area contributed by atoms with E-state index in [9.17, 15) is 19.5 Å². The smallest absolute Gasteiger partial charge is 0.303 e. The molecule has 0 aliphatic carbocycles. The first-order valence-electron chi connectivity index (χ1n) is 8.89. The van der Waals surface area contributed by atoms with Crippen LogP contribution in [0.25, 0.3) is 6.08 Å². The van der Waals surface area contributed by atoms with Crippen molar-refractivity contribution < 1.29 is 24.6 Å². The Morgan fingerprint density at radius 2 is 1.86 bits per heavy atom. The molecule has 1 fully saturated rings. The number of phenols is 1. The molecule has 0 unspecified atom stereocenters. The monoisotopic (exact) mass is 422 g/mol. The van der Waals surface area contributed by atoms with E-state index >= 15 is 0 Å². The number of amides is 2. The third-order valence-corrected chi connectivity index (χ3v) is 5.39. The van der Waals surface area contributed by atoms with Gasteiger partial charge in [-0.3, -0.25) is 19.3 Å². The van der Waals surface area contributed by atoms with Gasteiger partial charge in [0.05, 0.1) is 4.91 Å². The Balaban J connectivity index is 1.75. The topological polar surface area (TPSA) is 107 Å². The maximum absolute atomic E-state index is 12.5. The summed E-state index contributed by atoms with van der Waals surface area (Å²) >= 11 is 6.44. The summed E-state index contributed by atoms with van der Waals surface area (Å²) in [5, 5.41) is 20.6. The predicted molar refractivity (Wildman–Crippen MR) is 112 cm³/mol. The van der Waals surface area contributed by atoms with E-state index in [-0.39, 0.29) is 37.0 Å². The molecule has 1 heterocycles. The van der Waals surface area contributed by atoms with Gasteiger partial charge in [-0.25, -0.2) is 0 Å². The van der Waals surface area contributed by atoms with E-state index in [4.69, 9.17) is 17.3 Å². The van der Waals surface area contributed by atoms with Crippen LogP contribution in [0.15, 0.2) is 29.2 Å². The SMILES string of the molecule is O=C(O)CCCCCNC(=O)CCN1C(=O)/C(=C/c2ccc(O)cc2)SC1=S. The summed E-state index contributed by atoms with van der Waals surface area (Å²) in [5.41, 5.74) is 0.777. The number of aromatic hydroxyl groups is 1. The van der Waals surface area contributed by atoms with E-state index in [0.717, 1.165) is 18.4 Å². The van der Waals surface area contributed by atoms with Crippen LogP contribution in [0.1, 0.15) is 37.7 Å². The number of carbonyl (C=O) groups excluding carboxylic acids is 2. The van der Waals surface area contributed by atoms with Gasteiger partial charge in [0.25, 0.3) is 5.91 Å². The van der Waals surface area contributed by atoms with Gasteiger partial charge < -0.3 is 15.5 Å². The van der Waals surface area contributed by atoms with Crippen LogP contribution in [0.5, 0.6) is 5.75 Å². The Labute approximate surface area is 172 Å². The zero-order valence-corrected chi connectivity index (χ0v) is 16.9. The standard InChI is InChI=1S/C19H22N2O5S2/c22-14-7-5-13(6-8-14)12-15-18(26)21(19(27)28-15)11-9-16(23)20-10-3-1-2-4-17(24)25/h5-8,12,22H,1-4,9-11H2,(H,20,23)(H,24,25)/b15-12-. The van der Waals surface area contributed by atoms with Crippen molar-refractivity contribution in [2.24, 2.45) is 0 Å². The molecule has 0 radical (unpaired) electrons. The van der Waals surface area contributed by atoms with Gasteiger partial charge in [-0.1, -0.05) is 42.5 Å². The normalized spacial score (nSPS) is 15.3. The van der Waals surface area contributed by atoms with Crippen molar-refractivity contribution in [1.82, 2.24) is 10.2 Å². The average Bonchev–Trinajstić information content (AvgIpc) is 2.91. The van der Waals surface area contributed by atoms with Crippen molar-refractivity contribution >= 4 is 52.2 Å². The van der Waals surface area contributed by atoms with Gasteiger partial charge in [0.1, 0.15) is 10.1 Å². The molecule has 1 aromatic carbocycles. The van der Waals surface area contributed by atoms with Gasteiger partial charge in [-0.05, 0) is 36.6 Å². The third-order valence-electron chi connectivity index (χ3n) is 4.02. The minimum atomic E-state index is -0.813. The van der Waals surface area contributed by atoms with Crippen molar-refractivity contribution in [1.29, 1.82) is 0 Å². The van der Waals surface area contributed by atoms with Crippen molar-refractivity contribution in [3.63, 3.8) is 0 Å². The molecule has 150 valence electrons. The molecule has 1 aromatic rings. The largest absolute Gasteiger partial charge is 0.508 e. The lowest BCUT2D eigenvalue weighted by atomic mass is 10.2. The lowest BCUT2D eigenvalue weighted by Gasteiger charge is -2.14. The summed E-state index contributed by atoms with van der Waals surface area (Å²) < 4.78 is 0.413. The molecule has 0 spiro atoms. The number of thiocarbonyl (C=S) groups is 1. The lowest BCUT2D eigenvalue weighted by molar-refractivity contribution is -0.137. The number of carboxylic acids is 1. The second-order valence-electron chi connectivity index (χ2n) is 6.23. The van der Waals surface area contributed by atoms with E-state index in [1.165, 1.54) is 16.7 Å². The molecule has 3 N–H and O–H groups in total. The highest BCUT2D eigenvalue weighted by Crippen LogP contribution is 2.32. The quantitative estimate of drug-likeness (QED) is 0.302. The highest BCUT2D eigenvalue weighted by atomic mass is 32.2. The molecule has 1 aliphatic rings. The molecular formula is C19H22N2O5S2. The predicted octanol–water partition coefficient (Wildman–Crippen LogP) is 2.74. The first-order chi connectivity index (χ1) is 13.4. The summed E-state index contributed by atoms with van der Waals surface area (Å²) in [6.07, 6.45) is 4.04. The molecule has 1 aliphatic heterocycles. The van der Waals surface area contributed by atoms with Crippen molar-refractivity contribution in [3.05, 3.63) is 34.7 Å². The van der Waals surface area contributed by atoms with E-state index in [2.05, 4.69) is 5.32 Å². The van der Waals surface area contributed by atoms with Crippen LogP contribution >= 0.6 is 24.0 Å². The first kappa shape index (κ1) is 21.9. The Morgan fingerprint density at radius 1 is 1.14 bits per heavy atom. The van der Waals surface area contributed by atoms with Gasteiger partial charge in [-0.2, -0.15) is 0 Å². The molecule has 0 saturated carbocycles. The zero-order valence-electron chi connectivity index (χ0n) is 15.2. The van der Waals surface area contributed by atoms with E-state index in [1.807, 2.05) is 0 Å². The summed E-state index contributed by atoms with van der Waals surface area (Å²) in [5.74, 6) is -1.07. The van der Waals surface area contributed by atoms with Gasteiger partial charge in [-0.15, -0.1) is 0 Å². The molecule has 2 rings (SSSR count). The second kappa shape index (κ2) is 10.8. The van der Waals surface area contributed by atoms with Gasteiger partial charge in [0.2, 0.25) is 5.91 Å². The summed E-state index contributed by atoms with van der Waals surface area (Å²) in [7, 11) is 0. The number of thioether (sulfide) groups is 1. The molecule has 28 heavy (non-hydrogen) atoms. The number of unbranched alkanes of at least 4 members (excludes halogenated alkanes) is 2. The Kier molecular flexibility index (Phi) is 8.46. The van der Waals surface area contributed by atoms with Crippen LogP contribution < -0.4 is 5.32 Å². The number of phenolic OH excluding ortho intramolecular Hbond substituents is 1. The highest BCUT2D eigenvalue weighted by molar-refractivity contribution is 8.26. The lowest BCUT2D eigenvalue weighted by Crippen LogP contribution is -2.33. The van der Waals surface area contributed by atoms with Crippen LogP contribution in [-0.4, -0.2) is 50.3 Å². The van der Waals surface area contributed by atoms with Gasteiger partial charge >= 0.3 is 5.97 Å². The number of aliphatic carboxylic acids is 1. The molecule has 1 saturated heterocycles.